The molecule has 17 heavy (non-hydrogen) atoms. The maximum absolute atomic E-state index is 3.66. The Balaban J connectivity index is 2.97. The monoisotopic (exact) mass is 233 g/mol. The SMILES string of the molecule is CCCNC(CC)c1cc(CC)ccc1CC. The van der Waals surface area contributed by atoms with Crippen molar-refractivity contribution in [1.29, 1.82) is 0 Å². The van der Waals surface area contributed by atoms with E-state index in [4.69, 9.17) is 0 Å². The Labute approximate surface area is 107 Å². The first-order chi connectivity index (χ1) is 8.26. The maximum atomic E-state index is 3.66. The van der Waals surface area contributed by atoms with Crippen LogP contribution in [0.25, 0.3) is 0 Å². The normalized spacial score (nSPS) is 12.7. The summed E-state index contributed by atoms with van der Waals surface area (Å²) in [6.07, 6.45) is 4.62. The van der Waals surface area contributed by atoms with Gasteiger partial charge in [0.15, 0.2) is 0 Å². The molecule has 1 unspecified atom stereocenters. The lowest BCUT2D eigenvalue weighted by molar-refractivity contribution is 0.515. The van der Waals surface area contributed by atoms with Crippen molar-refractivity contribution in [3.05, 3.63) is 34.9 Å². The third kappa shape index (κ3) is 3.85. The lowest BCUT2D eigenvalue weighted by Gasteiger charge is -2.21. The van der Waals surface area contributed by atoms with E-state index < -0.39 is 0 Å². The molecule has 0 aliphatic rings. The quantitative estimate of drug-likeness (QED) is 0.742. The number of nitrogens with one attached hydrogen (secondary N) is 1. The summed E-state index contributed by atoms with van der Waals surface area (Å²) in [5.41, 5.74) is 4.47. The Morgan fingerprint density at radius 1 is 1.06 bits per heavy atom. The van der Waals surface area contributed by atoms with E-state index in [9.17, 15) is 0 Å². The highest BCUT2D eigenvalue weighted by Gasteiger charge is 2.12. The minimum Gasteiger partial charge on any atom is -0.310 e. The van der Waals surface area contributed by atoms with E-state index in [1.807, 2.05) is 0 Å². The molecule has 0 saturated carbocycles. The summed E-state index contributed by atoms with van der Waals surface area (Å²) in [7, 11) is 0. The van der Waals surface area contributed by atoms with Gasteiger partial charge in [-0.3, -0.25) is 0 Å². The van der Waals surface area contributed by atoms with Crippen LogP contribution in [0.2, 0.25) is 0 Å². The molecule has 0 spiro atoms. The van der Waals surface area contributed by atoms with Crippen LogP contribution in [0, 0.1) is 0 Å². The Morgan fingerprint density at radius 3 is 2.35 bits per heavy atom. The van der Waals surface area contributed by atoms with Gasteiger partial charge in [-0.2, -0.15) is 0 Å². The summed E-state index contributed by atoms with van der Waals surface area (Å²) in [6.45, 7) is 10.1. The molecule has 1 N–H and O–H groups in total. The molecule has 1 rings (SSSR count). The van der Waals surface area contributed by atoms with Crippen LogP contribution in [0.3, 0.4) is 0 Å². The molecule has 1 nitrogen and oxygen atoms in total. The molecular formula is C16H27N. The molecule has 1 aromatic rings. The van der Waals surface area contributed by atoms with Crippen molar-refractivity contribution in [1.82, 2.24) is 5.32 Å². The number of benzene rings is 1. The Kier molecular flexibility index (Phi) is 6.28. The molecule has 96 valence electrons. The van der Waals surface area contributed by atoms with Gasteiger partial charge in [0.25, 0.3) is 0 Å². The predicted molar refractivity (Wildman–Crippen MR) is 76.5 cm³/mol. The number of hydrogen-bond acceptors (Lipinski definition) is 1. The average Bonchev–Trinajstić information content (AvgIpc) is 2.39. The standard InChI is InChI=1S/C16H27N/c1-5-11-17-16(8-4)15-12-13(6-2)9-10-14(15)7-3/h9-10,12,16-17H,5-8,11H2,1-4H3. The fraction of sp³-hybridized carbons (Fsp3) is 0.625. The van der Waals surface area contributed by atoms with Crippen LogP contribution in [-0.2, 0) is 12.8 Å². The highest BCUT2D eigenvalue weighted by atomic mass is 14.9. The second-order valence-electron chi connectivity index (χ2n) is 4.66. The smallest absolute Gasteiger partial charge is 0.0320 e. The number of hydrogen-bond donors (Lipinski definition) is 1. The van der Waals surface area contributed by atoms with Crippen molar-refractivity contribution >= 4 is 0 Å². The molecular weight excluding hydrogens is 206 g/mol. The van der Waals surface area contributed by atoms with Gasteiger partial charge in [0.1, 0.15) is 0 Å². The van der Waals surface area contributed by atoms with Gasteiger partial charge in [0.05, 0.1) is 0 Å². The highest BCUT2D eigenvalue weighted by molar-refractivity contribution is 5.34. The molecule has 0 aromatic heterocycles. The van der Waals surface area contributed by atoms with Gasteiger partial charge in [-0.25, -0.2) is 0 Å². The van der Waals surface area contributed by atoms with Crippen molar-refractivity contribution in [2.45, 2.75) is 59.4 Å². The third-order valence-corrected chi connectivity index (χ3v) is 3.42. The van der Waals surface area contributed by atoms with E-state index in [2.05, 4.69) is 51.2 Å². The summed E-state index contributed by atoms with van der Waals surface area (Å²) < 4.78 is 0. The molecule has 1 aromatic carbocycles. The molecule has 0 aliphatic carbocycles. The molecule has 1 heteroatoms. The minimum atomic E-state index is 0.524. The van der Waals surface area contributed by atoms with E-state index in [1.165, 1.54) is 29.5 Å². The van der Waals surface area contributed by atoms with E-state index in [0.717, 1.165) is 19.4 Å². The topological polar surface area (TPSA) is 12.0 Å². The summed E-state index contributed by atoms with van der Waals surface area (Å²) in [5.74, 6) is 0. The fourth-order valence-corrected chi connectivity index (χ4v) is 2.30. The average molecular weight is 233 g/mol. The van der Waals surface area contributed by atoms with E-state index in [0.29, 0.717) is 6.04 Å². The fourth-order valence-electron chi connectivity index (χ4n) is 2.30. The van der Waals surface area contributed by atoms with Crippen LogP contribution >= 0.6 is 0 Å². The molecule has 0 bridgehead atoms. The zero-order valence-electron chi connectivity index (χ0n) is 11.8. The van der Waals surface area contributed by atoms with Crippen LogP contribution in [0.5, 0.6) is 0 Å². The van der Waals surface area contributed by atoms with Crippen LogP contribution in [0.1, 0.15) is 63.3 Å². The first-order valence-electron chi connectivity index (χ1n) is 7.11. The van der Waals surface area contributed by atoms with Crippen molar-refractivity contribution in [3.63, 3.8) is 0 Å². The van der Waals surface area contributed by atoms with Crippen LogP contribution in [0.4, 0.5) is 0 Å². The van der Waals surface area contributed by atoms with Crippen LogP contribution < -0.4 is 5.32 Å². The van der Waals surface area contributed by atoms with E-state index in [1.54, 1.807) is 0 Å². The number of rotatable bonds is 7. The lowest BCUT2D eigenvalue weighted by Crippen LogP contribution is -2.22. The predicted octanol–water partition coefficient (Wildman–Crippen LogP) is 4.26. The molecule has 0 heterocycles. The molecule has 1 atom stereocenters. The van der Waals surface area contributed by atoms with Crippen molar-refractivity contribution < 1.29 is 0 Å². The van der Waals surface area contributed by atoms with Gasteiger partial charge in [-0.1, -0.05) is 45.9 Å². The van der Waals surface area contributed by atoms with Gasteiger partial charge in [-0.05, 0) is 48.9 Å². The lowest BCUT2D eigenvalue weighted by atomic mass is 9.94. The van der Waals surface area contributed by atoms with E-state index >= 15 is 0 Å². The first-order valence-corrected chi connectivity index (χ1v) is 7.11. The molecule has 0 amide bonds. The summed E-state index contributed by atoms with van der Waals surface area (Å²) in [5, 5.41) is 3.66. The van der Waals surface area contributed by atoms with Crippen LogP contribution in [0.15, 0.2) is 18.2 Å². The van der Waals surface area contributed by atoms with Gasteiger partial charge in [0.2, 0.25) is 0 Å². The largest absolute Gasteiger partial charge is 0.310 e. The highest BCUT2D eigenvalue weighted by Crippen LogP contribution is 2.23. The van der Waals surface area contributed by atoms with Gasteiger partial charge in [0, 0.05) is 6.04 Å². The Hall–Kier alpha value is -0.820. The Morgan fingerprint density at radius 2 is 1.82 bits per heavy atom. The van der Waals surface area contributed by atoms with E-state index in [-0.39, 0.29) is 0 Å². The molecule has 0 fully saturated rings. The third-order valence-electron chi connectivity index (χ3n) is 3.42. The Bertz CT molecular complexity index is 330. The van der Waals surface area contributed by atoms with Gasteiger partial charge < -0.3 is 5.32 Å². The second-order valence-corrected chi connectivity index (χ2v) is 4.66. The maximum Gasteiger partial charge on any atom is 0.0320 e. The van der Waals surface area contributed by atoms with Crippen LogP contribution in [-0.4, -0.2) is 6.54 Å². The second kappa shape index (κ2) is 7.50. The minimum absolute atomic E-state index is 0.524. The summed E-state index contributed by atoms with van der Waals surface area (Å²) in [6, 6.07) is 7.51. The first kappa shape index (κ1) is 14.2. The van der Waals surface area contributed by atoms with Crippen molar-refractivity contribution in [2.24, 2.45) is 0 Å². The van der Waals surface area contributed by atoms with Crippen molar-refractivity contribution in [2.75, 3.05) is 6.54 Å². The summed E-state index contributed by atoms with van der Waals surface area (Å²) in [4.78, 5) is 0. The van der Waals surface area contributed by atoms with Gasteiger partial charge >= 0.3 is 0 Å². The summed E-state index contributed by atoms with van der Waals surface area (Å²) >= 11 is 0. The zero-order chi connectivity index (χ0) is 12.7. The molecule has 0 saturated heterocycles. The van der Waals surface area contributed by atoms with Gasteiger partial charge in [-0.15, -0.1) is 0 Å². The van der Waals surface area contributed by atoms with Crippen molar-refractivity contribution in [3.8, 4) is 0 Å². The zero-order valence-corrected chi connectivity index (χ0v) is 11.8. The molecule has 0 radical (unpaired) electrons. The molecule has 0 aliphatic heterocycles. The number of aryl methyl sites for hydroxylation is 2.